The zero-order valence-electron chi connectivity index (χ0n) is 17.2. The van der Waals surface area contributed by atoms with Crippen LogP contribution in [0.15, 0.2) is 78.6 Å². The van der Waals surface area contributed by atoms with Crippen LogP contribution >= 0.6 is 0 Å². The number of ether oxygens (including phenoxy) is 2. The third kappa shape index (κ3) is 3.97. The second-order valence-corrected chi connectivity index (χ2v) is 7.23. The highest BCUT2D eigenvalue weighted by Gasteiger charge is 2.41. The van der Waals surface area contributed by atoms with E-state index in [1.54, 1.807) is 55.5 Å². The molecular weight excluding hydrogens is 397 g/mol. The molecule has 0 saturated heterocycles. The summed E-state index contributed by atoms with van der Waals surface area (Å²) in [5.41, 5.74) is 2.72. The van der Waals surface area contributed by atoms with Crippen LogP contribution in [-0.4, -0.2) is 30.1 Å². The number of aliphatic hydroxyl groups is 1. The number of benzene rings is 3. The number of amides is 1. The van der Waals surface area contributed by atoms with E-state index in [0.717, 1.165) is 5.56 Å². The molecule has 1 aliphatic heterocycles. The van der Waals surface area contributed by atoms with Crippen molar-refractivity contribution in [3.8, 4) is 11.5 Å². The van der Waals surface area contributed by atoms with Crippen LogP contribution < -0.4 is 9.47 Å². The molecule has 5 nitrogen and oxygen atoms in total. The summed E-state index contributed by atoms with van der Waals surface area (Å²) in [5.74, 6) is 0.173. The molecule has 0 spiro atoms. The molecule has 1 amide bonds. The predicted molar refractivity (Wildman–Crippen MR) is 115 cm³/mol. The highest BCUT2D eigenvalue weighted by atomic mass is 19.1. The molecule has 0 fully saturated rings. The lowest BCUT2D eigenvalue weighted by molar-refractivity contribution is -0.130. The van der Waals surface area contributed by atoms with Gasteiger partial charge in [-0.15, -0.1) is 0 Å². The van der Waals surface area contributed by atoms with E-state index in [9.17, 15) is 14.3 Å². The molecule has 0 bridgehead atoms. The fraction of sp³-hybridized carbons (Fsp3) is 0.160. The Morgan fingerprint density at radius 1 is 0.935 bits per heavy atom. The maximum Gasteiger partial charge on any atom is 0.290 e. The van der Waals surface area contributed by atoms with E-state index in [-0.39, 0.29) is 18.1 Å². The van der Waals surface area contributed by atoms with E-state index in [1.165, 1.54) is 12.1 Å². The van der Waals surface area contributed by atoms with Gasteiger partial charge in [0.1, 0.15) is 17.3 Å². The van der Waals surface area contributed by atoms with Gasteiger partial charge in [0.15, 0.2) is 5.76 Å². The fourth-order valence-electron chi connectivity index (χ4n) is 3.84. The van der Waals surface area contributed by atoms with Crippen LogP contribution in [0.3, 0.4) is 0 Å². The molecule has 0 radical (unpaired) electrons. The zero-order chi connectivity index (χ0) is 22.0. The number of methoxy groups -OCH3 is 2. The molecule has 0 saturated carbocycles. The summed E-state index contributed by atoms with van der Waals surface area (Å²) in [7, 11) is 3.15. The number of nitrogens with zero attached hydrogens (tertiary/aromatic N) is 1. The first kappa shape index (κ1) is 20.5. The van der Waals surface area contributed by atoms with Crippen molar-refractivity contribution in [1.29, 1.82) is 0 Å². The lowest BCUT2D eigenvalue weighted by atomic mass is 9.93. The van der Waals surface area contributed by atoms with Crippen molar-refractivity contribution in [2.24, 2.45) is 0 Å². The number of hydrogen-bond donors (Lipinski definition) is 1. The predicted octanol–water partition coefficient (Wildman–Crippen LogP) is 4.90. The van der Waals surface area contributed by atoms with E-state index in [0.29, 0.717) is 28.2 Å². The van der Waals surface area contributed by atoms with Crippen molar-refractivity contribution in [2.75, 3.05) is 14.2 Å². The molecule has 1 heterocycles. The number of carbonyl (C=O) groups excluding carboxylic acids is 1. The summed E-state index contributed by atoms with van der Waals surface area (Å²) < 4.78 is 24.1. The van der Waals surface area contributed by atoms with E-state index in [4.69, 9.17) is 9.47 Å². The average Bonchev–Trinajstić information content (AvgIpc) is 3.05. The Balaban J connectivity index is 1.78. The van der Waals surface area contributed by atoms with E-state index >= 15 is 0 Å². The second kappa shape index (κ2) is 8.52. The van der Waals surface area contributed by atoms with Crippen LogP contribution in [0.25, 0.3) is 5.57 Å². The van der Waals surface area contributed by atoms with Crippen molar-refractivity contribution >= 4 is 11.5 Å². The van der Waals surface area contributed by atoms with Gasteiger partial charge in [-0.3, -0.25) is 4.79 Å². The molecule has 0 unspecified atom stereocenters. The van der Waals surface area contributed by atoms with Crippen molar-refractivity contribution < 1.29 is 23.8 Å². The van der Waals surface area contributed by atoms with Crippen molar-refractivity contribution in [1.82, 2.24) is 4.90 Å². The van der Waals surface area contributed by atoms with Gasteiger partial charge in [0.05, 0.1) is 20.3 Å². The third-order valence-electron chi connectivity index (χ3n) is 5.38. The second-order valence-electron chi connectivity index (χ2n) is 7.23. The quantitative estimate of drug-likeness (QED) is 0.618. The average molecular weight is 419 g/mol. The number of carbonyl (C=O) groups is 1. The van der Waals surface area contributed by atoms with Gasteiger partial charge >= 0.3 is 0 Å². The number of halogens is 1. The SMILES string of the molecule is COc1ccc(C2=C(O)C(=O)N(Cc3cccc(OC)c3)[C@H]2c2ccc(F)cc2)cc1. The van der Waals surface area contributed by atoms with Gasteiger partial charge in [-0.25, -0.2) is 4.39 Å². The Bertz CT molecular complexity index is 1120. The molecule has 4 rings (SSSR count). The molecule has 1 aliphatic rings. The molecule has 31 heavy (non-hydrogen) atoms. The fourth-order valence-corrected chi connectivity index (χ4v) is 3.84. The van der Waals surface area contributed by atoms with Gasteiger partial charge < -0.3 is 19.5 Å². The van der Waals surface area contributed by atoms with Gasteiger partial charge in [-0.05, 0) is 53.1 Å². The van der Waals surface area contributed by atoms with Gasteiger partial charge in [0.25, 0.3) is 5.91 Å². The Kier molecular flexibility index (Phi) is 5.62. The Hall–Kier alpha value is -3.80. The summed E-state index contributed by atoms with van der Waals surface area (Å²) in [6.07, 6.45) is 0. The summed E-state index contributed by atoms with van der Waals surface area (Å²) in [5, 5.41) is 10.8. The minimum Gasteiger partial charge on any atom is -0.503 e. The van der Waals surface area contributed by atoms with Crippen LogP contribution in [0.5, 0.6) is 11.5 Å². The molecule has 1 atom stereocenters. The van der Waals surface area contributed by atoms with E-state index in [2.05, 4.69) is 0 Å². The maximum absolute atomic E-state index is 13.6. The van der Waals surface area contributed by atoms with Gasteiger partial charge in [-0.1, -0.05) is 36.4 Å². The van der Waals surface area contributed by atoms with Gasteiger partial charge in [0.2, 0.25) is 0 Å². The highest BCUT2D eigenvalue weighted by Crippen LogP contribution is 2.44. The number of aliphatic hydroxyl groups excluding tert-OH is 1. The van der Waals surface area contributed by atoms with Gasteiger partial charge in [0, 0.05) is 12.1 Å². The van der Waals surface area contributed by atoms with Crippen LogP contribution in [0.4, 0.5) is 4.39 Å². The molecule has 6 heteroatoms. The Morgan fingerprint density at radius 3 is 2.26 bits per heavy atom. The highest BCUT2D eigenvalue weighted by molar-refractivity contribution is 6.05. The molecule has 158 valence electrons. The maximum atomic E-state index is 13.6. The monoisotopic (exact) mass is 419 g/mol. The van der Waals surface area contributed by atoms with Crippen LogP contribution in [0, 0.1) is 5.82 Å². The van der Waals surface area contributed by atoms with Crippen molar-refractivity contribution in [3.63, 3.8) is 0 Å². The summed E-state index contributed by atoms with van der Waals surface area (Å²) >= 11 is 0. The van der Waals surface area contributed by atoms with E-state index < -0.39 is 11.9 Å². The molecule has 0 aromatic heterocycles. The van der Waals surface area contributed by atoms with Crippen molar-refractivity contribution in [3.05, 3.63) is 101 Å². The smallest absolute Gasteiger partial charge is 0.290 e. The number of hydrogen-bond acceptors (Lipinski definition) is 4. The first-order valence-corrected chi connectivity index (χ1v) is 9.78. The van der Waals surface area contributed by atoms with Gasteiger partial charge in [-0.2, -0.15) is 0 Å². The molecule has 1 N–H and O–H groups in total. The Morgan fingerprint density at radius 2 is 1.61 bits per heavy atom. The zero-order valence-corrected chi connectivity index (χ0v) is 17.2. The van der Waals surface area contributed by atoms with Crippen LogP contribution in [0.2, 0.25) is 0 Å². The van der Waals surface area contributed by atoms with E-state index in [1.807, 2.05) is 24.3 Å². The molecule has 0 aliphatic carbocycles. The van der Waals surface area contributed by atoms with Crippen molar-refractivity contribution in [2.45, 2.75) is 12.6 Å². The lowest BCUT2D eigenvalue weighted by Crippen LogP contribution is -2.29. The minimum atomic E-state index is -0.576. The molecular formula is C25H22FNO4. The Labute approximate surface area is 180 Å². The molecule has 3 aromatic carbocycles. The minimum absolute atomic E-state index is 0.252. The largest absolute Gasteiger partial charge is 0.503 e. The van der Waals surface area contributed by atoms with Crippen LogP contribution in [-0.2, 0) is 11.3 Å². The van der Waals surface area contributed by atoms with Crippen LogP contribution in [0.1, 0.15) is 22.7 Å². The first-order chi connectivity index (χ1) is 15.0. The standard InChI is InChI=1S/C25H22FNO4/c1-30-20-12-8-17(9-13-20)22-23(18-6-10-19(26)11-7-18)27(25(29)24(22)28)15-16-4-3-5-21(14-16)31-2/h3-14,23,28H,15H2,1-2H3/t23-/m0/s1. The summed E-state index contributed by atoms with van der Waals surface area (Å²) in [6, 6.07) is 19.9. The summed E-state index contributed by atoms with van der Waals surface area (Å²) in [6.45, 7) is 0.252. The first-order valence-electron chi connectivity index (χ1n) is 9.78. The topological polar surface area (TPSA) is 59.0 Å². The lowest BCUT2D eigenvalue weighted by Gasteiger charge is -2.27. The normalized spacial score (nSPS) is 16.0. The number of rotatable bonds is 6. The molecule has 3 aromatic rings. The summed E-state index contributed by atoms with van der Waals surface area (Å²) in [4.78, 5) is 14.7. The third-order valence-corrected chi connectivity index (χ3v) is 5.38.